The number of halogens is 3. The molecule has 1 aliphatic rings. The van der Waals surface area contributed by atoms with Gasteiger partial charge in [-0.05, 0) is 6.07 Å². The summed E-state index contributed by atoms with van der Waals surface area (Å²) in [6, 6.07) is 3.03. The van der Waals surface area contributed by atoms with Gasteiger partial charge in [0.15, 0.2) is 6.10 Å². The Kier molecular flexibility index (Phi) is 9.59. The summed E-state index contributed by atoms with van der Waals surface area (Å²) in [5, 5.41) is 31.2. The van der Waals surface area contributed by atoms with Crippen LogP contribution in [0, 0.1) is 0 Å². The molecule has 14 heteroatoms. The van der Waals surface area contributed by atoms with Gasteiger partial charge in [-0.1, -0.05) is 6.07 Å². The van der Waals surface area contributed by atoms with Crippen molar-refractivity contribution in [3.63, 3.8) is 0 Å². The minimum atomic E-state index is -4.67. The van der Waals surface area contributed by atoms with Crippen molar-refractivity contribution in [2.24, 2.45) is 0 Å². The van der Waals surface area contributed by atoms with Crippen molar-refractivity contribution in [2.75, 3.05) is 39.6 Å². The van der Waals surface area contributed by atoms with Crippen molar-refractivity contribution in [2.45, 2.75) is 30.6 Å². The normalized spacial score (nSPS) is 23.5. The van der Waals surface area contributed by atoms with Gasteiger partial charge in [0.05, 0.1) is 19.8 Å². The number of rotatable bonds is 11. The third-order valence-electron chi connectivity index (χ3n) is 4.20. The Morgan fingerprint density at radius 1 is 1.16 bits per heavy atom. The van der Waals surface area contributed by atoms with Gasteiger partial charge in [0.1, 0.15) is 37.2 Å². The lowest BCUT2D eigenvalue weighted by Crippen LogP contribution is -2.58. The molecule has 0 spiro atoms. The van der Waals surface area contributed by atoms with Crippen molar-refractivity contribution in [3.8, 4) is 5.88 Å². The molecule has 4 N–H and O–H groups in total. The fourth-order valence-corrected chi connectivity index (χ4v) is 2.64. The highest BCUT2D eigenvalue weighted by atomic mass is 19.4. The molecule has 1 amide bonds. The highest BCUT2D eigenvalue weighted by molar-refractivity contribution is 5.77. The number of carbonyl (C=O) groups excluding carboxylic acids is 1. The number of carboxylic acid groups (broad SMARTS) is 1. The number of hydrogen-bond acceptors (Lipinski definition) is 9. The summed E-state index contributed by atoms with van der Waals surface area (Å²) in [4.78, 5) is 25.3. The van der Waals surface area contributed by atoms with Gasteiger partial charge in [0, 0.05) is 12.6 Å². The van der Waals surface area contributed by atoms with E-state index in [2.05, 4.69) is 10.3 Å². The molecule has 11 nitrogen and oxygen atoms in total. The van der Waals surface area contributed by atoms with Crippen molar-refractivity contribution >= 4 is 11.9 Å². The molecule has 2 heterocycles. The zero-order valence-corrected chi connectivity index (χ0v) is 16.7. The number of aliphatic hydroxyl groups is 2. The maximum Gasteiger partial charge on any atom is 0.433 e. The number of pyridine rings is 1. The molecular weight excluding hydrogens is 445 g/mol. The summed E-state index contributed by atoms with van der Waals surface area (Å²) >= 11 is 0. The molecule has 1 aromatic rings. The van der Waals surface area contributed by atoms with E-state index >= 15 is 0 Å². The van der Waals surface area contributed by atoms with Crippen LogP contribution in [0.2, 0.25) is 0 Å². The highest BCUT2D eigenvalue weighted by Crippen LogP contribution is 2.29. The van der Waals surface area contributed by atoms with Crippen LogP contribution < -0.4 is 10.1 Å². The van der Waals surface area contributed by atoms with Gasteiger partial charge in [0.25, 0.3) is 0 Å². The number of alkyl halides is 3. The zero-order chi connectivity index (χ0) is 23.7. The largest absolute Gasteiger partial charge is 0.480 e. The first-order valence-corrected chi connectivity index (χ1v) is 9.40. The fraction of sp³-hybridized carbons (Fsp3) is 0.611. The summed E-state index contributed by atoms with van der Waals surface area (Å²) < 4.78 is 58.6. The van der Waals surface area contributed by atoms with Crippen LogP contribution in [0.4, 0.5) is 13.2 Å². The van der Waals surface area contributed by atoms with Gasteiger partial charge < -0.3 is 39.6 Å². The van der Waals surface area contributed by atoms with E-state index in [0.29, 0.717) is 0 Å². The Labute approximate surface area is 180 Å². The molecule has 0 aromatic carbocycles. The molecule has 0 unspecified atom stereocenters. The van der Waals surface area contributed by atoms with Gasteiger partial charge in [-0.2, -0.15) is 13.2 Å². The molecule has 0 saturated carbocycles. The Balaban J connectivity index is 1.74. The monoisotopic (exact) mass is 468 g/mol. The molecular formula is C18H23F3N2O9. The molecule has 180 valence electrons. The lowest BCUT2D eigenvalue weighted by molar-refractivity contribution is -0.180. The minimum absolute atomic E-state index is 0.00936. The second kappa shape index (κ2) is 11.9. The Morgan fingerprint density at radius 2 is 1.84 bits per heavy atom. The van der Waals surface area contributed by atoms with Crippen molar-refractivity contribution in [3.05, 3.63) is 23.9 Å². The first kappa shape index (κ1) is 25.7. The summed E-state index contributed by atoms with van der Waals surface area (Å²) in [5.41, 5.74) is -1.17. The van der Waals surface area contributed by atoms with Crippen LogP contribution in [-0.2, 0) is 30.0 Å². The number of nitrogens with one attached hydrogen (secondary N) is 1. The highest BCUT2D eigenvalue weighted by Gasteiger charge is 2.40. The van der Waals surface area contributed by atoms with E-state index in [4.69, 9.17) is 24.1 Å². The number of aliphatic hydroxyl groups excluding tert-OH is 2. The number of aliphatic carboxylic acids is 1. The van der Waals surface area contributed by atoms with Crippen LogP contribution >= 0.6 is 0 Å². The van der Waals surface area contributed by atoms with Crippen LogP contribution in [0.5, 0.6) is 5.88 Å². The molecule has 2 rings (SSSR count). The number of ether oxygens (including phenoxy) is 4. The average Bonchev–Trinajstić information content (AvgIpc) is 2.73. The smallest absolute Gasteiger partial charge is 0.433 e. The van der Waals surface area contributed by atoms with Crippen LogP contribution in [0.15, 0.2) is 18.2 Å². The number of hydrogen-bond donors (Lipinski definition) is 4. The van der Waals surface area contributed by atoms with Crippen LogP contribution in [0.3, 0.4) is 0 Å². The molecule has 0 bridgehead atoms. The predicted octanol–water partition coefficient (Wildman–Crippen LogP) is -0.798. The van der Waals surface area contributed by atoms with E-state index in [-0.39, 0.29) is 33.0 Å². The maximum atomic E-state index is 12.7. The number of carbonyl (C=O) groups is 2. The van der Waals surface area contributed by atoms with E-state index in [1.807, 2.05) is 0 Å². The standard InChI is InChI=1S/C18H23F3N2O9/c19-18(20,21)12-2-1-3-14(23-12)32-11-7-31-10(16(27)17(11)28)6-22-13(24)8-29-4-5-30-9-15(25)26/h1-3,10-11,16-17,27-28H,4-9H2,(H,22,24)(H,25,26)/t10-,11+,16+,17-/m1/s1. The molecule has 1 aromatic heterocycles. The zero-order valence-electron chi connectivity index (χ0n) is 16.7. The maximum absolute atomic E-state index is 12.7. The Morgan fingerprint density at radius 3 is 2.50 bits per heavy atom. The van der Waals surface area contributed by atoms with Gasteiger partial charge in [0.2, 0.25) is 11.8 Å². The minimum Gasteiger partial charge on any atom is -0.480 e. The molecule has 4 atom stereocenters. The van der Waals surface area contributed by atoms with Crippen LogP contribution in [-0.4, -0.2) is 96.2 Å². The van der Waals surface area contributed by atoms with Gasteiger partial charge in [-0.15, -0.1) is 0 Å². The second-order valence-electron chi connectivity index (χ2n) is 6.67. The molecule has 1 fully saturated rings. The van der Waals surface area contributed by atoms with E-state index in [9.17, 15) is 33.0 Å². The molecule has 32 heavy (non-hydrogen) atoms. The van der Waals surface area contributed by atoms with Crippen molar-refractivity contribution in [1.29, 1.82) is 0 Å². The first-order chi connectivity index (χ1) is 15.1. The predicted molar refractivity (Wildman–Crippen MR) is 97.7 cm³/mol. The number of carboxylic acids is 1. The number of amides is 1. The molecule has 0 aliphatic carbocycles. The topological polar surface area (TPSA) is 157 Å². The number of aromatic nitrogens is 1. The molecule has 1 saturated heterocycles. The molecule has 1 aliphatic heterocycles. The lowest BCUT2D eigenvalue weighted by Gasteiger charge is -2.37. The summed E-state index contributed by atoms with van der Waals surface area (Å²) in [6.45, 7) is -1.31. The van der Waals surface area contributed by atoms with Gasteiger partial charge >= 0.3 is 12.1 Å². The summed E-state index contributed by atoms with van der Waals surface area (Å²) in [7, 11) is 0. The lowest BCUT2D eigenvalue weighted by atomic mass is 10.00. The summed E-state index contributed by atoms with van der Waals surface area (Å²) in [5.74, 6) is -2.08. The van der Waals surface area contributed by atoms with Crippen LogP contribution in [0.25, 0.3) is 0 Å². The Hall–Kier alpha value is -2.52. The summed E-state index contributed by atoms with van der Waals surface area (Å²) in [6.07, 6.45) is -9.85. The average molecular weight is 468 g/mol. The van der Waals surface area contributed by atoms with Crippen molar-refractivity contribution < 1.29 is 57.0 Å². The van der Waals surface area contributed by atoms with Crippen molar-refractivity contribution in [1.82, 2.24) is 10.3 Å². The van der Waals surface area contributed by atoms with E-state index in [1.165, 1.54) is 6.07 Å². The Bertz CT molecular complexity index is 765. The molecule has 0 radical (unpaired) electrons. The quantitative estimate of drug-likeness (QED) is 0.303. The third-order valence-corrected chi connectivity index (χ3v) is 4.20. The van der Waals surface area contributed by atoms with Gasteiger partial charge in [-0.25, -0.2) is 9.78 Å². The van der Waals surface area contributed by atoms with Crippen LogP contribution in [0.1, 0.15) is 5.69 Å². The van der Waals surface area contributed by atoms with E-state index in [0.717, 1.165) is 12.1 Å². The fourth-order valence-electron chi connectivity index (χ4n) is 2.64. The second-order valence-corrected chi connectivity index (χ2v) is 6.67. The third kappa shape index (κ3) is 8.20. The first-order valence-electron chi connectivity index (χ1n) is 9.40. The van der Waals surface area contributed by atoms with Gasteiger partial charge in [-0.3, -0.25) is 4.79 Å². The van der Waals surface area contributed by atoms with E-state index < -0.39 is 60.6 Å². The van der Waals surface area contributed by atoms with E-state index in [1.54, 1.807) is 0 Å². The SMILES string of the molecule is O=C(O)COCCOCC(=O)NC[C@H]1OC[C@H](Oc2cccc(C(F)(F)F)n2)[C@@H](O)[C@H]1O. The number of nitrogens with zero attached hydrogens (tertiary/aromatic N) is 1.